The van der Waals surface area contributed by atoms with Gasteiger partial charge in [0.25, 0.3) is 0 Å². The molecule has 0 saturated carbocycles. The standard InChI is InChI=1S/C16H21N5O2/c1-20-15(6-8-18-20)14(11-23-2)19-16(22)21-9-12(10-21)13-5-3-4-7-17-13/h3-8,12,14H,9-11H2,1-2H3,(H,19,22)/t14-/m0/s1. The second-order valence-electron chi connectivity index (χ2n) is 5.69. The Morgan fingerprint density at radius 3 is 2.83 bits per heavy atom. The summed E-state index contributed by atoms with van der Waals surface area (Å²) in [5, 5.41) is 7.16. The van der Waals surface area contributed by atoms with Crippen LogP contribution in [0, 0.1) is 0 Å². The van der Waals surface area contributed by atoms with Crippen molar-refractivity contribution in [3.8, 4) is 0 Å². The lowest BCUT2D eigenvalue weighted by Crippen LogP contribution is -2.53. The Morgan fingerprint density at radius 1 is 1.39 bits per heavy atom. The van der Waals surface area contributed by atoms with Crippen LogP contribution in [0.3, 0.4) is 0 Å². The first-order valence-corrected chi connectivity index (χ1v) is 7.62. The van der Waals surface area contributed by atoms with Gasteiger partial charge in [-0.15, -0.1) is 0 Å². The molecule has 2 aromatic heterocycles. The van der Waals surface area contributed by atoms with E-state index in [-0.39, 0.29) is 12.1 Å². The van der Waals surface area contributed by atoms with Crippen LogP contribution in [0.1, 0.15) is 23.3 Å². The Hall–Kier alpha value is -2.41. The number of hydrogen-bond acceptors (Lipinski definition) is 4. The number of hydrogen-bond donors (Lipinski definition) is 1. The molecule has 0 aliphatic carbocycles. The number of aryl methyl sites for hydroxylation is 1. The number of nitrogens with zero attached hydrogens (tertiary/aromatic N) is 4. The van der Waals surface area contributed by atoms with Crippen LogP contribution >= 0.6 is 0 Å². The summed E-state index contributed by atoms with van der Waals surface area (Å²) in [5.41, 5.74) is 1.96. The number of methoxy groups -OCH3 is 1. The van der Waals surface area contributed by atoms with Gasteiger partial charge in [0.15, 0.2) is 0 Å². The highest BCUT2D eigenvalue weighted by molar-refractivity contribution is 5.75. The van der Waals surface area contributed by atoms with E-state index in [1.807, 2.05) is 31.3 Å². The van der Waals surface area contributed by atoms with Crippen molar-refractivity contribution in [1.82, 2.24) is 25.0 Å². The first kappa shape index (κ1) is 15.5. The third-order valence-corrected chi connectivity index (χ3v) is 4.12. The summed E-state index contributed by atoms with van der Waals surface area (Å²) < 4.78 is 6.97. The molecule has 23 heavy (non-hydrogen) atoms. The summed E-state index contributed by atoms with van der Waals surface area (Å²) in [4.78, 5) is 18.5. The van der Waals surface area contributed by atoms with Crippen molar-refractivity contribution in [2.24, 2.45) is 7.05 Å². The Balaban J connectivity index is 1.58. The lowest BCUT2D eigenvalue weighted by atomic mass is 9.96. The van der Waals surface area contributed by atoms with Gasteiger partial charge in [-0.05, 0) is 18.2 Å². The van der Waals surface area contributed by atoms with Crippen molar-refractivity contribution in [2.75, 3.05) is 26.8 Å². The normalized spacial score (nSPS) is 16.0. The Bertz CT molecular complexity index is 652. The van der Waals surface area contributed by atoms with Crippen molar-refractivity contribution in [3.63, 3.8) is 0 Å². The molecule has 0 radical (unpaired) electrons. The molecule has 0 bridgehead atoms. The minimum atomic E-state index is -0.214. The zero-order valence-corrected chi connectivity index (χ0v) is 13.3. The molecule has 3 rings (SSSR count). The van der Waals surface area contributed by atoms with Gasteiger partial charge in [0.2, 0.25) is 0 Å². The van der Waals surface area contributed by atoms with E-state index in [2.05, 4.69) is 15.4 Å². The molecule has 1 aliphatic rings. The van der Waals surface area contributed by atoms with Gasteiger partial charge in [-0.2, -0.15) is 5.10 Å². The maximum atomic E-state index is 12.4. The van der Waals surface area contributed by atoms with E-state index < -0.39 is 0 Å². The highest BCUT2D eigenvalue weighted by Crippen LogP contribution is 2.25. The van der Waals surface area contributed by atoms with E-state index >= 15 is 0 Å². The molecule has 2 aromatic rings. The van der Waals surface area contributed by atoms with E-state index in [1.165, 1.54) is 0 Å². The number of urea groups is 1. The zero-order valence-electron chi connectivity index (χ0n) is 13.3. The Morgan fingerprint density at radius 2 is 2.22 bits per heavy atom. The van der Waals surface area contributed by atoms with Crippen LogP contribution in [0.4, 0.5) is 4.79 Å². The van der Waals surface area contributed by atoms with Crippen molar-refractivity contribution in [2.45, 2.75) is 12.0 Å². The molecule has 0 spiro atoms. The fourth-order valence-corrected chi connectivity index (χ4v) is 2.78. The quantitative estimate of drug-likeness (QED) is 0.903. The monoisotopic (exact) mass is 315 g/mol. The summed E-state index contributed by atoms with van der Waals surface area (Å²) >= 11 is 0. The molecule has 1 saturated heterocycles. The topological polar surface area (TPSA) is 72.3 Å². The number of carbonyl (C=O) groups excluding carboxylic acids is 1. The number of nitrogens with one attached hydrogen (secondary N) is 1. The lowest BCUT2D eigenvalue weighted by Gasteiger charge is -2.39. The second kappa shape index (κ2) is 6.78. The SMILES string of the molecule is COC[C@H](NC(=O)N1CC(c2ccccn2)C1)c1ccnn1C. The van der Waals surface area contributed by atoms with Crippen molar-refractivity contribution in [1.29, 1.82) is 0 Å². The van der Waals surface area contributed by atoms with Gasteiger partial charge in [0.1, 0.15) is 0 Å². The summed E-state index contributed by atoms with van der Waals surface area (Å²) in [6, 6.07) is 7.47. The Labute approximate surface area is 135 Å². The largest absolute Gasteiger partial charge is 0.382 e. The van der Waals surface area contributed by atoms with Crippen LogP contribution < -0.4 is 5.32 Å². The molecule has 1 fully saturated rings. The van der Waals surface area contributed by atoms with Crippen molar-refractivity contribution >= 4 is 6.03 Å². The van der Waals surface area contributed by atoms with Crippen LogP contribution in [-0.2, 0) is 11.8 Å². The van der Waals surface area contributed by atoms with Crippen LogP contribution in [0.15, 0.2) is 36.7 Å². The smallest absolute Gasteiger partial charge is 0.318 e. The summed E-state index contributed by atoms with van der Waals surface area (Å²) in [7, 11) is 3.47. The molecule has 7 nitrogen and oxygen atoms in total. The molecule has 3 heterocycles. The van der Waals surface area contributed by atoms with Gasteiger partial charge in [0, 0.05) is 51.3 Å². The van der Waals surface area contributed by atoms with E-state index in [0.29, 0.717) is 25.6 Å². The minimum absolute atomic E-state index is 0.0829. The van der Waals surface area contributed by atoms with Gasteiger partial charge in [-0.1, -0.05) is 6.07 Å². The molecule has 1 N–H and O–H groups in total. The number of likely N-dealkylation sites (tertiary alicyclic amines) is 1. The fraction of sp³-hybridized carbons (Fsp3) is 0.438. The third-order valence-electron chi connectivity index (χ3n) is 4.12. The van der Waals surface area contributed by atoms with Gasteiger partial charge in [-0.3, -0.25) is 9.67 Å². The molecule has 1 atom stereocenters. The van der Waals surface area contributed by atoms with Crippen LogP contribution in [0.25, 0.3) is 0 Å². The first-order chi connectivity index (χ1) is 11.2. The highest BCUT2D eigenvalue weighted by Gasteiger charge is 2.33. The summed E-state index contributed by atoms with van der Waals surface area (Å²) in [6.45, 7) is 1.78. The number of rotatable bonds is 5. The first-order valence-electron chi connectivity index (χ1n) is 7.62. The maximum Gasteiger partial charge on any atom is 0.318 e. The van der Waals surface area contributed by atoms with E-state index in [4.69, 9.17) is 4.74 Å². The zero-order chi connectivity index (χ0) is 16.2. The van der Waals surface area contributed by atoms with Gasteiger partial charge < -0.3 is 15.0 Å². The molecular weight excluding hydrogens is 294 g/mol. The van der Waals surface area contributed by atoms with Crippen molar-refractivity contribution in [3.05, 3.63) is 48.0 Å². The molecular formula is C16H21N5O2. The van der Waals surface area contributed by atoms with Gasteiger partial charge >= 0.3 is 6.03 Å². The Kier molecular flexibility index (Phi) is 4.57. The number of aromatic nitrogens is 3. The summed E-state index contributed by atoms with van der Waals surface area (Å²) in [6.07, 6.45) is 3.50. The van der Waals surface area contributed by atoms with Crippen LogP contribution in [-0.4, -0.2) is 52.5 Å². The molecule has 0 unspecified atom stereocenters. The lowest BCUT2D eigenvalue weighted by molar-refractivity contribution is 0.129. The molecule has 122 valence electrons. The fourth-order valence-electron chi connectivity index (χ4n) is 2.78. The number of carbonyl (C=O) groups is 1. The maximum absolute atomic E-state index is 12.4. The number of ether oxygens (including phenoxy) is 1. The number of amides is 2. The highest BCUT2D eigenvalue weighted by atomic mass is 16.5. The minimum Gasteiger partial charge on any atom is -0.382 e. The molecule has 2 amide bonds. The molecule has 7 heteroatoms. The van der Waals surface area contributed by atoms with Crippen molar-refractivity contribution < 1.29 is 9.53 Å². The van der Waals surface area contributed by atoms with E-state index in [9.17, 15) is 4.79 Å². The molecule has 0 aromatic carbocycles. The summed E-state index contributed by atoms with van der Waals surface area (Å²) in [5.74, 6) is 0.319. The average molecular weight is 315 g/mol. The van der Waals surface area contributed by atoms with Crippen LogP contribution in [0.5, 0.6) is 0 Å². The number of pyridine rings is 1. The van der Waals surface area contributed by atoms with E-state index in [0.717, 1.165) is 11.4 Å². The predicted molar refractivity (Wildman–Crippen MR) is 84.9 cm³/mol. The van der Waals surface area contributed by atoms with E-state index in [1.54, 1.807) is 29.1 Å². The second-order valence-corrected chi connectivity index (χ2v) is 5.69. The third kappa shape index (κ3) is 3.34. The molecule has 1 aliphatic heterocycles. The predicted octanol–water partition coefficient (Wildman–Crippen LogP) is 1.31. The van der Waals surface area contributed by atoms with Gasteiger partial charge in [0.05, 0.1) is 18.3 Å². The average Bonchev–Trinajstić information content (AvgIpc) is 2.92. The van der Waals surface area contributed by atoms with Gasteiger partial charge in [-0.25, -0.2) is 4.79 Å². The van der Waals surface area contributed by atoms with Crippen LogP contribution in [0.2, 0.25) is 0 Å².